The molecule has 0 aromatic heterocycles. The fourth-order valence-corrected chi connectivity index (χ4v) is 6.28. The standard InChI is InChI=1S/C29H33ClN4O4S/c1-3-4-16-33(2)17-8-15-31-28(35)22-13-14-27-25(19-22)34(32-20-21-9-7-10-23(30)18-21)29(36)24-11-5-6-12-26(24)39(27,37)38/h5-7,9-14,18-19,32H,3-4,8,15-17,20H2,1-2H3,(H,31,35). The molecule has 0 unspecified atom stereocenters. The topological polar surface area (TPSA) is 98.8 Å². The number of carbonyl (C=O) groups excluding carboxylic acids is 2. The largest absolute Gasteiger partial charge is 0.352 e. The number of hydrogen-bond acceptors (Lipinski definition) is 6. The zero-order valence-corrected chi connectivity index (χ0v) is 23.7. The van der Waals surface area contributed by atoms with Crippen LogP contribution in [0.25, 0.3) is 0 Å². The van der Waals surface area contributed by atoms with Gasteiger partial charge in [0.1, 0.15) is 0 Å². The molecule has 2 N–H and O–H groups in total. The van der Waals surface area contributed by atoms with Crippen molar-refractivity contribution < 1.29 is 18.0 Å². The number of carbonyl (C=O) groups is 2. The van der Waals surface area contributed by atoms with E-state index in [2.05, 4.69) is 29.6 Å². The van der Waals surface area contributed by atoms with Gasteiger partial charge in [-0.15, -0.1) is 0 Å². The number of amides is 2. The Morgan fingerprint density at radius 2 is 1.74 bits per heavy atom. The molecule has 0 aliphatic carbocycles. The minimum Gasteiger partial charge on any atom is -0.352 e. The van der Waals surface area contributed by atoms with Crippen LogP contribution in [0.15, 0.2) is 76.5 Å². The molecule has 2 amide bonds. The van der Waals surface area contributed by atoms with E-state index >= 15 is 0 Å². The van der Waals surface area contributed by atoms with Crippen LogP contribution in [0.5, 0.6) is 0 Å². The van der Waals surface area contributed by atoms with Crippen LogP contribution in [0.1, 0.15) is 52.5 Å². The van der Waals surface area contributed by atoms with Crippen molar-refractivity contribution in [2.45, 2.75) is 42.5 Å². The fourth-order valence-electron chi connectivity index (χ4n) is 4.45. The molecule has 4 rings (SSSR count). The van der Waals surface area contributed by atoms with E-state index in [1.807, 2.05) is 6.07 Å². The highest BCUT2D eigenvalue weighted by molar-refractivity contribution is 7.91. The molecule has 1 aliphatic rings. The van der Waals surface area contributed by atoms with Crippen LogP contribution in [-0.4, -0.2) is 51.8 Å². The summed E-state index contributed by atoms with van der Waals surface area (Å²) in [5.41, 5.74) is 4.26. The number of nitrogens with zero attached hydrogens (tertiary/aromatic N) is 2. The van der Waals surface area contributed by atoms with E-state index < -0.39 is 15.7 Å². The van der Waals surface area contributed by atoms with Crippen LogP contribution in [0, 0.1) is 0 Å². The van der Waals surface area contributed by atoms with Crippen molar-refractivity contribution in [1.82, 2.24) is 15.6 Å². The Bertz CT molecular complexity index is 1460. The second-order valence-corrected chi connectivity index (χ2v) is 11.9. The summed E-state index contributed by atoms with van der Waals surface area (Å²) < 4.78 is 27.3. The summed E-state index contributed by atoms with van der Waals surface area (Å²) in [6, 6.07) is 17.6. The molecule has 10 heteroatoms. The molecule has 39 heavy (non-hydrogen) atoms. The van der Waals surface area contributed by atoms with Crippen LogP contribution < -0.4 is 15.8 Å². The molecule has 0 fully saturated rings. The van der Waals surface area contributed by atoms with Crippen molar-refractivity contribution >= 4 is 38.9 Å². The first-order valence-corrected chi connectivity index (χ1v) is 14.9. The number of benzene rings is 3. The number of fused-ring (bicyclic) bond motifs is 2. The van der Waals surface area contributed by atoms with Gasteiger partial charge in [-0.25, -0.2) is 18.9 Å². The molecule has 3 aromatic carbocycles. The van der Waals surface area contributed by atoms with Gasteiger partial charge >= 0.3 is 0 Å². The van der Waals surface area contributed by atoms with Gasteiger partial charge in [0.05, 0.1) is 21.0 Å². The van der Waals surface area contributed by atoms with Gasteiger partial charge in [-0.3, -0.25) is 9.59 Å². The Hall–Kier alpha value is -3.24. The van der Waals surface area contributed by atoms with Crippen LogP contribution in [0.3, 0.4) is 0 Å². The lowest BCUT2D eigenvalue weighted by molar-refractivity contribution is 0.0946. The van der Waals surface area contributed by atoms with Crippen molar-refractivity contribution in [2.75, 3.05) is 31.7 Å². The summed E-state index contributed by atoms with van der Waals surface area (Å²) in [4.78, 5) is 28.8. The van der Waals surface area contributed by atoms with E-state index in [-0.39, 0.29) is 39.1 Å². The Kier molecular flexibility index (Phi) is 9.40. The molecule has 3 aromatic rings. The minimum atomic E-state index is -4.03. The number of halogens is 1. The molecule has 206 valence electrons. The lowest BCUT2D eigenvalue weighted by Crippen LogP contribution is -2.43. The molecule has 0 bridgehead atoms. The average molecular weight is 569 g/mol. The number of anilines is 1. The quantitative estimate of drug-likeness (QED) is 0.326. The first-order valence-electron chi connectivity index (χ1n) is 13.0. The van der Waals surface area contributed by atoms with Crippen LogP contribution in [0.2, 0.25) is 5.02 Å². The van der Waals surface area contributed by atoms with Crippen LogP contribution >= 0.6 is 11.6 Å². The number of unbranched alkanes of at least 4 members (excludes halogenated alkanes) is 1. The van der Waals surface area contributed by atoms with Gasteiger partial charge in [-0.2, -0.15) is 0 Å². The fraction of sp³-hybridized carbons (Fsp3) is 0.310. The summed E-state index contributed by atoms with van der Waals surface area (Å²) in [5, 5.41) is 4.66. The summed E-state index contributed by atoms with van der Waals surface area (Å²) in [6.45, 7) is 4.70. The third-order valence-corrected chi connectivity index (χ3v) is 8.68. The van der Waals surface area contributed by atoms with Crippen LogP contribution in [0.4, 0.5) is 5.69 Å². The highest BCUT2D eigenvalue weighted by atomic mass is 35.5. The third-order valence-electron chi connectivity index (χ3n) is 6.59. The van der Waals surface area contributed by atoms with Gasteiger partial charge < -0.3 is 10.2 Å². The Labute approximate surface area is 234 Å². The van der Waals surface area contributed by atoms with Gasteiger partial charge in [-0.05, 0) is 81.0 Å². The third kappa shape index (κ3) is 6.67. The zero-order chi connectivity index (χ0) is 28.0. The van der Waals surface area contributed by atoms with E-state index in [9.17, 15) is 18.0 Å². The van der Waals surface area contributed by atoms with Gasteiger partial charge in [0.15, 0.2) is 0 Å². The average Bonchev–Trinajstić information content (AvgIpc) is 3.00. The molecule has 0 saturated heterocycles. The monoisotopic (exact) mass is 568 g/mol. The maximum absolute atomic E-state index is 13.7. The Morgan fingerprint density at radius 3 is 2.51 bits per heavy atom. The molecular weight excluding hydrogens is 536 g/mol. The first kappa shape index (κ1) is 28.8. The number of hydrogen-bond donors (Lipinski definition) is 2. The number of rotatable bonds is 11. The second kappa shape index (κ2) is 12.7. The first-order chi connectivity index (χ1) is 18.7. The molecule has 8 nitrogen and oxygen atoms in total. The molecule has 1 heterocycles. The van der Waals surface area contributed by atoms with Crippen LogP contribution in [-0.2, 0) is 16.4 Å². The Balaban J connectivity index is 1.62. The lowest BCUT2D eigenvalue weighted by atomic mass is 10.1. The lowest BCUT2D eigenvalue weighted by Gasteiger charge is -2.24. The maximum atomic E-state index is 13.7. The molecule has 0 atom stereocenters. The van der Waals surface area contributed by atoms with E-state index in [0.29, 0.717) is 11.6 Å². The van der Waals surface area contributed by atoms with Crippen molar-refractivity contribution in [2.24, 2.45) is 0 Å². The van der Waals surface area contributed by atoms with Gasteiger partial charge in [0.2, 0.25) is 9.84 Å². The van der Waals surface area contributed by atoms with Crippen molar-refractivity contribution in [3.8, 4) is 0 Å². The van der Waals surface area contributed by atoms with Crippen molar-refractivity contribution in [3.63, 3.8) is 0 Å². The smallest absolute Gasteiger partial charge is 0.274 e. The molecule has 0 radical (unpaired) electrons. The van der Waals surface area contributed by atoms with Crippen molar-refractivity contribution in [1.29, 1.82) is 0 Å². The maximum Gasteiger partial charge on any atom is 0.274 e. The van der Waals surface area contributed by atoms with Gasteiger partial charge in [0, 0.05) is 23.7 Å². The molecule has 0 spiro atoms. The Morgan fingerprint density at radius 1 is 0.974 bits per heavy atom. The highest BCUT2D eigenvalue weighted by Gasteiger charge is 2.36. The zero-order valence-electron chi connectivity index (χ0n) is 22.1. The minimum absolute atomic E-state index is 0.0467. The second-order valence-electron chi connectivity index (χ2n) is 9.55. The van der Waals surface area contributed by atoms with E-state index in [1.165, 1.54) is 35.3 Å². The van der Waals surface area contributed by atoms with E-state index in [4.69, 9.17) is 11.6 Å². The molecular formula is C29H33ClN4O4S. The predicted octanol–water partition coefficient (Wildman–Crippen LogP) is 4.69. The van der Waals surface area contributed by atoms with E-state index in [1.54, 1.807) is 30.3 Å². The molecule has 1 aliphatic heterocycles. The van der Waals surface area contributed by atoms with Crippen molar-refractivity contribution in [3.05, 3.63) is 88.4 Å². The molecule has 0 saturated carbocycles. The number of hydrazine groups is 1. The summed E-state index contributed by atoms with van der Waals surface area (Å²) in [7, 11) is -1.97. The highest BCUT2D eigenvalue weighted by Crippen LogP contribution is 2.36. The summed E-state index contributed by atoms with van der Waals surface area (Å²) in [6.07, 6.45) is 3.05. The number of nitrogens with one attached hydrogen (secondary N) is 2. The van der Waals surface area contributed by atoms with E-state index in [0.717, 1.165) is 37.9 Å². The predicted molar refractivity (Wildman–Crippen MR) is 153 cm³/mol. The van der Waals surface area contributed by atoms with Gasteiger partial charge in [0.25, 0.3) is 11.8 Å². The SMILES string of the molecule is CCCCN(C)CCCNC(=O)c1ccc2c(c1)N(NCc1cccc(Cl)c1)C(=O)c1ccccc1S2(=O)=O. The summed E-state index contributed by atoms with van der Waals surface area (Å²) >= 11 is 6.12. The normalized spacial score (nSPS) is 14.1. The summed E-state index contributed by atoms with van der Waals surface area (Å²) in [5.74, 6) is -0.877. The van der Waals surface area contributed by atoms with Gasteiger partial charge in [-0.1, -0.05) is 49.2 Å². The number of sulfone groups is 1.